The Balaban J connectivity index is 2.37. The Morgan fingerprint density at radius 1 is 1.23 bits per heavy atom. The van der Waals surface area contributed by atoms with Gasteiger partial charge in [-0.15, -0.1) is 0 Å². The van der Waals surface area contributed by atoms with E-state index in [9.17, 15) is 4.79 Å². The van der Waals surface area contributed by atoms with Gasteiger partial charge in [0.2, 0.25) is 0 Å². The first kappa shape index (κ1) is 14.6. The van der Waals surface area contributed by atoms with Gasteiger partial charge in [0, 0.05) is 47.4 Å². The standard InChI is InChI=1S/C17H16ClN3O/c1-3-21-15-9-16(19-2)20-10-11(15)8-13(17(21)22)12-6-4-5-7-14(12)18/h4-10H,3H2,1-2H3,(H,19,20). The molecule has 0 unspecified atom stereocenters. The minimum Gasteiger partial charge on any atom is -0.373 e. The third-order valence-electron chi connectivity index (χ3n) is 3.71. The van der Waals surface area contributed by atoms with Crippen LogP contribution in [0.3, 0.4) is 0 Å². The van der Waals surface area contributed by atoms with E-state index in [0.29, 0.717) is 17.1 Å². The average molecular weight is 314 g/mol. The van der Waals surface area contributed by atoms with Gasteiger partial charge in [-0.05, 0) is 19.1 Å². The van der Waals surface area contributed by atoms with Gasteiger partial charge in [-0.25, -0.2) is 4.98 Å². The number of hydrogen-bond acceptors (Lipinski definition) is 3. The van der Waals surface area contributed by atoms with Crippen LogP contribution in [0.15, 0.2) is 47.4 Å². The molecule has 0 saturated carbocycles. The molecule has 0 saturated heterocycles. The summed E-state index contributed by atoms with van der Waals surface area (Å²) in [6.07, 6.45) is 1.77. The van der Waals surface area contributed by atoms with Crippen molar-refractivity contribution in [1.82, 2.24) is 9.55 Å². The molecule has 112 valence electrons. The van der Waals surface area contributed by atoms with E-state index in [1.165, 1.54) is 0 Å². The van der Waals surface area contributed by atoms with Crippen LogP contribution < -0.4 is 10.9 Å². The number of pyridine rings is 2. The summed E-state index contributed by atoms with van der Waals surface area (Å²) in [6, 6.07) is 11.1. The lowest BCUT2D eigenvalue weighted by Gasteiger charge is -2.13. The molecule has 5 heteroatoms. The molecule has 0 bridgehead atoms. The minimum atomic E-state index is -0.0450. The van der Waals surface area contributed by atoms with E-state index < -0.39 is 0 Å². The molecule has 0 atom stereocenters. The Morgan fingerprint density at radius 2 is 2.00 bits per heavy atom. The highest BCUT2D eigenvalue weighted by Crippen LogP contribution is 2.27. The molecule has 0 spiro atoms. The Kier molecular flexibility index (Phi) is 3.86. The summed E-state index contributed by atoms with van der Waals surface area (Å²) in [5, 5.41) is 4.48. The zero-order valence-corrected chi connectivity index (χ0v) is 13.2. The van der Waals surface area contributed by atoms with E-state index >= 15 is 0 Å². The highest BCUT2D eigenvalue weighted by molar-refractivity contribution is 6.33. The van der Waals surface area contributed by atoms with E-state index in [-0.39, 0.29) is 5.56 Å². The molecule has 3 aromatic rings. The van der Waals surface area contributed by atoms with Crippen molar-refractivity contribution in [2.45, 2.75) is 13.5 Å². The Labute approximate surface area is 133 Å². The van der Waals surface area contributed by atoms with Crippen molar-refractivity contribution in [2.24, 2.45) is 0 Å². The second-order valence-electron chi connectivity index (χ2n) is 4.97. The number of aryl methyl sites for hydroxylation is 1. The van der Waals surface area contributed by atoms with Crippen LogP contribution in [0.2, 0.25) is 5.02 Å². The molecule has 3 rings (SSSR count). The molecule has 0 aliphatic carbocycles. The van der Waals surface area contributed by atoms with Gasteiger partial charge in [0.05, 0.1) is 5.52 Å². The highest BCUT2D eigenvalue weighted by Gasteiger charge is 2.13. The molecule has 1 N–H and O–H groups in total. The predicted octanol–water partition coefficient (Wildman–Crippen LogP) is 3.78. The number of benzene rings is 1. The summed E-state index contributed by atoms with van der Waals surface area (Å²) in [6.45, 7) is 2.54. The fourth-order valence-electron chi connectivity index (χ4n) is 2.60. The van der Waals surface area contributed by atoms with Crippen molar-refractivity contribution in [2.75, 3.05) is 12.4 Å². The molecule has 0 aliphatic heterocycles. The maximum atomic E-state index is 12.8. The first-order valence-corrected chi connectivity index (χ1v) is 7.49. The molecule has 22 heavy (non-hydrogen) atoms. The average Bonchev–Trinajstić information content (AvgIpc) is 2.54. The van der Waals surface area contributed by atoms with Gasteiger partial charge in [0.15, 0.2) is 0 Å². The van der Waals surface area contributed by atoms with Crippen molar-refractivity contribution in [1.29, 1.82) is 0 Å². The van der Waals surface area contributed by atoms with Crippen LogP contribution in [0.1, 0.15) is 6.92 Å². The summed E-state index contributed by atoms with van der Waals surface area (Å²) in [5.74, 6) is 0.736. The first-order valence-electron chi connectivity index (χ1n) is 7.12. The number of rotatable bonds is 3. The lowest BCUT2D eigenvalue weighted by Crippen LogP contribution is -2.21. The first-order chi connectivity index (χ1) is 10.7. The predicted molar refractivity (Wildman–Crippen MR) is 91.7 cm³/mol. The molecule has 0 fully saturated rings. The third kappa shape index (κ3) is 2.35. The maximum Gasteiger partial charge on any atom is 0.258 e. The zero-order chi connectivity index (χ0) is 15.7. The molecule has 0 aliphatic rings. The minimum absolute atomic E-state index is 0.0450. The molecule has 2 aromatic heterocycles. The van der Waals surface area contributed by atoms with Crippen molar-refractivity contribution in [3.63, 3.8) is 0 Å². The summed E-state index contributed by atoms with van der Waals surface area (Å²) in [4.78, 5) is 17.2. The molecule has 0 radical (unpaired) electrons. The van der Waals surface area contributed by atoms with Crippen molar-refractivity contribution < 1.29 is 0 Å². The van der Waals surface area contributed by atoms with Crippen LogP contribution in [-0.2, 0) is 6.54 Å². The highest BCUT2D eigenvalue weighted by atomic mass is 35.5. The molecular formula is C17H16ClN3O. The number of fused-ring (bicyclic) bond motifs is 1. The molecule has 4 nitrogen and oxygen atoms in total. The fourth-order valence-corrected chi connectivity index (χ4v) is 2.83. The van der Waals surface area contributed by atoms with Crippen molar-refractivity contribution in [3.8, 4) is 11.1 Å². The number of nitrogens with zero attached hydrogens (tertiary/aromatic N) is 2. The Bertz CT molecular complexity index is 902. The SMILES string of the molecule is CCn1c(=O)c(-c2ccccc2Cl)cc2cnc(NC)cc21. The number of aromatic nitrogens is 2. The van der Waals surface area contributed by atoms with Crippen LogP contribution in [0.25, 0.3) is 22.0 Å². The van der Waals surface area contributed by atoms with Gasteiger partial charge in [-0.2, -0.15) is 0 Å². The summed E-state index contributed by atoms with van der Waals surface area (Å²) < 4.78 is 1.75. The second kappa shape index (κ2) is 5.81. The summed E-state index contributed by atoms with van der Waals surface area (Å²) in [7, 11) is 1.81. The van der Waals surface area contributed by atoms with Crippen molar-refractivity contribution in [3.05, 3.63) is 58.0 Å². The van der Waals surface area contributed by atoms with E-state index in [4.69, 9.17) is 11.6 Å². The van der Waals surface area contributed by atoms with Gasteiger partial charge in [-0.1, -0.05) is 29.8 Å². The summed E-state index contributed by atoms with van der Waals surface area (Å²) in [5.41, 5.74) is 2.16. The van der Waals surface area contributed by atoms with Gasteiger partial charge in [-0.3, -0.25) is 4.79 Å². The zero-order valence-electron chi connectivity index (χ0n) is 12.4. The van der Waals surface area contributed by atoms with E-state index in [2.05, 4.69) is 10.3 Å². The van der Waals surface area contributed by atoms with Gasteiger partial charge < -0.3 is 9.88 Å². The number of anilines is 1. The smallest absolute Gasteiger partial charge is 0.258 e. The van der Waals surface area contributed by atoms with Crippen LogP contribution >= 0.6 is 11.6 Å². The number of nitrogens with one attached hydrogen (secondary N) is 1. The Hall–Kier alpha value is -2.33. The molecule has 0 amide bonds. The second-order valence-corrected chi connectivity index (χ2v) is 5.37. The third-order valence-corrected chi connectivity index (χ3v) is 4.04. The lowest BCUT2D eigenvalue weighted by molar-refractivity contribution is 0.761. The monoisotopic (exact) mass is 313 g/mol. The Morgan fingerprint density at radius 3 is 2.68 bits per heavy atom. The fraction of sp³-hybridized carbons (Fsp3) is 0.176. The number of halogens is 1. The largest absolute Gasteiger partial charge is 0.373 e. The molecular weight excluding hydrogens is 298 g/mol. The molecule has 1 aromatic carbocycles. The lowest BCUT2D eigenvalue weighted by atomic mass is 10.1. The number of hydrogen-bond donors (Lipinski definition) is 1. The van der Waals surface area contributed by atoms with Crippen molar-refractivity contribution >= 4 is 28.3 Å². The van der Waals surface area contributed by atoms with Crippen LogP contribution in [-0.4, -0.2) is 16.6 Å². The van der Waals surface area contributed by atoms with Crippen LogP contribution in [0.4, 0.5) is 5.82 Å². The van der Waals surface area contributed by atoms with Gasteiger partial charge >= 0.3 is 0 Å². The molecule has 2 heterocycles. The van der Waals surface area contributed by atoms with Gasteiger partial charge in [0.1, 0.15) is 5.82 Å². The maximum absolute atomic E-state index is 12.8. The van der Waals surface area contributed by atoms with E-state index in [0.717, 1.165) is 22.3 Å². The quantitative estimate of drug-likeness (QED) is 0.800. The van der Waals surface area contributed by atoms with E-state index in [1.54, 1.807) is 23.9 Å². The topological polar surface area (TPSA) is 46.9 Å². The summed E-state index contributed by atoms with van der Waals surface area (Å²) >= 11 is 6.25. The van der Waals surface area contributed by atoms with Crippen LogP contribution in [0.5, 0.6) is 0 Å². The van der Waals surface area contributed by atoms with Crippen LogP contribution in [0, 0.1) is 0 Å². The van der Waals surface area contributed by atoms with Gasteiger partial charge in [0.25, 0.3) is 5.56 Å². The normalized spacial score (nSPS) is 10.9. The van der Waals surface area contributed by atoms with E-state index in [1.807, 2.05) is 37.3 Å².